The van der Waals surface area contributed by atoms with Crippen molar-refractivity contribution >= 4 is 50.4 Å². The highest BCUT2D eigenvalue weighted by Crippen LogP contribution is 2.36. The molecule has 1 aliphatic rings. The summed E-state index contributed by atoms with van der Waals surface area (Å²) in [5.74, 6) is 1.30. The molecule has 1 aliphatic heterocycles. The molecule has 2 unspecified atom stereocenters. The normalized spacial score (nSPS) is 16.9. The number of hydrogen-bond donors (Lipinski definition) is 3. The van der Waals surface area contributed by atoms with Gasteiger partial charge in [0.25, 0.3) is 17.1 Å². The smallest absolute Gasteiger partial charge is 0.269 e. The monoisotopic (exact) mass is 523 g/mol. The summed E-state index contributed by atoms with van der Waals surface area (Å²) in [5.41, 5.74) is 0.0593. The maximum absolute atomic E-state index is 12.5. The van der Waals surface area contributed by atoms with Crippen LogP contribution in [-0.4, -0.2) is 45.9 Å². The molecule has 0 saturated carbocycles. The Bertz CT molecular complexity index is 1130. The molecule has 0 spiro atoms. The van der Waals surface area contributed by atoms with Crippen molar-refractivity contribution in [3.8, 4) is 5.75 Å². The van der Waals surface area contributed by atoms with Crippen molar-refractivity contribution in [3.63, 3.8) is 0 Å². The van der Waals surface area contributed by atoms with Crippen molar-refractivity contribution in [2.75, 3.05) is 19.4 Å². The highest BCUT2D eigenvalue weighted by Gasteiger charge is 2.33. The minimum Gasteiger partial charge on any atom is -0.505 e. The number of aromatic hydroxyl groups is 1. The van der Waals surface area contributed by atoms with Gasteiger partial charge >= 0.3 is 0 Å². The van der Waals surface area contributed by atoms with Gasteiger partial charge in [-0.2, -0.15) is 0 Å². The number of amides is 1. The second kappa shape index (κ2) is 9.07. The minimum absolute atomic E-state index is 0.102. The van der Waals surface area contributed by atoms with Crippen LogP contribution in [0.4, 0.5) is 5.69 Å². The first-order valence-corrected chi connectivity index (χ1v) is 11.7. The van der Waals surface area contributed by atoms with E-state index in [1.807, 2.05) is 39.8 Å². The van der Waals surface area contributed by atoms with Crippen LogP contribution in [0.2, 0.25) is 0 Å². The summed E-state index contributed by atoms with van der Waals surface area (Å²) in [7, 11) is 3.19. The largest absolute Gasteiger partial charge is 0.505 e. The lowest BCUT2D eigenvalue weighted by molar-refractivity contribution is 0.0824. The molecule has 1 aromatic heterocycles. The number of benzene rings is 1. The van der Waals surface area contributed by atoms with E-state index in [-0.39, 0.29) is 46.0 Å². The lowest BCUT2D eigenvalue weighted by Crippen LogP contribution is -2.41. The Kier molecular flexibility index (Phi) is 6.80. The van der Waals surface area contributed by atoms with E-state index >= 15 is 0 Å². The van der Waals surface area contributed by atoms with Crippen LogP contribution < -0.4 is 10.6 Å². The zero-order valence-corrected chi connectivity index (χ0v) is 21.1. The second-order valence-corrected chi connectivity index (χ2v) is 10.3. The molecule has 2 heterocycles. The second-order valence-electron chi connectivity index (χ2n) is 8.65. The Labute approximate surface area is 197 Å². The van der Waals surface area contributed by atoms with Crippen LogP contribution in [0.15, 0.2) is 42.0 Å². The number of furan rings is 1. The SMILES string of the molecule is Cc1ccc(C(NC2=NS(=O)N=C2Nc2ccc(Br)c(C(=O)N(C)C)c2O)C(C)(C)C)o1. The molecule has 0 saturated heterocycles. The van der Waals surface area contributed by atoms with Crippen LogP contribution in [-0.2, 0) is 11.2 Å². The molecule has 3 N–H and O–H groups in total. The zero-order chi connectivity index (χ0) is 23.8. The van der Waals surface area contributed by atoms with Gasteiger partial charge in [0.2, 0.25) is 0 Å². The fraction of sp³-hybridized carbons (Fsp3) is 0.381. The maximum Gasteiger partial charge on any atom is 0.269 e. The van der Waals surface area contributed by atoms with E-state index in [2.05, 4.69) is 35.4 Å². The molecule has 2 aromatic rings. The van der Waals surface area contributed by atoms with E-state index in [4.69, 9.17) is 4.42 Å². The van der Waals surface area contributed by atoms with Crippen molar-refractivity contribution in [1.29, 1.82) is 0 Å². The number of carbonyl (C=O) groups excluding carboxylic acids is 1. The van der Waals surface area contributed by atoms with Gasteiger partial charge < -0.3 is 25.1 Å². The van der Waals surface area contributed by atoms with Gasteiger partial charge in [0.15, 0.2) is 17.4 Å². The number of halogens is 1. The van der Waals surface area contributed by atoms with E-state index in [1.165, 1.54) is 4.90 Å². The van der Waals surface area contributed by atoms with E-state index in [0.717, 1.165) is 5.76 Å². The molecule has 172 valence electrons. The van der Waals surface area contributed by atoms with Crippen LogP contribution in [0.25, 0.3) is 0 Å². The Morgan fingerprint density at radius 1 is 1.19 bits per heavy atom. The van der Waals surface area contributed by atoms with Crippen LogP contribution >= 0.6 is 15.9 Å². The predicted molar refractivity (Wildman–Crippen MR) is 129 cm³/mol. The first-order chi connectivity index (χ1) is 14.9. The third kappa shape index (κ3) is 5.04. The van der Waals surface area contributed by atoms with Gasteiger partial charge in [-0.25, -0.2) is 4.21 Å². The molecular weight excluding hydrogens is 498 g/mol. The van der Waals surface area contributed by atoms with Gasteiger partial charge in [-0.3, -0.25) is 4.79 Å². The van der Waals surface area contributed by atoms with Gasteiger partial charge in [0.05, 0.1) is 17.3 Å². The number of phenols is 1. The van der Waals surface area contributed by atoms with Gasteiger partial charge in [-0.15, -0.1) is 8.80 Å². The van der Waals surface area contributed by atoms with Gasteiger partial charge in [-0.1, -0.05) is 20.8 Å². The fourth-order valence-corrected chi connectivity index (χ4v) is 4.24. The number of nitrogens with zero attached hydrogens (tertiary/aromatic N) is 3. The van der Waals surface area contributed by atoms with E-state index < -0.39 is 11.2 Å². The number of rotatable bonds is 4. The molecule has 0 fully saturated rings. The van der Waals surface area contributed by atoms with Gasteiger partial charge in [0.1, 0.15) is 11.5 Å². The Balaban J connectivity index is 1.92. The molecule has 11 heteroatoms. The number of carbonyl (C=O) groups is 1. The van der Waals surface area contributed by atoms with Crippen molar-refractivity contribution in [3.05, 3.63) is 45.8 Å². The average Bonchev–Trinajstić information content (AvgIpc) is 3.26. The highest BCUT2D eigenvalue weighted by atomic mass is 79.9. The number of anilines is 1. The molecule has 9 nitrogen and oxygen atoms in total. The summed E-state index contributed by atoms with van der Waals surface area (Å²) in [4.78, 5) is 13.9. The first kappa shape index (κ1) is 24.0. The average molecular weight is 524 g/mol. The number of aryl methyl sites for hydroxylation is 1. The number of hydrogen-bond acceptors (Lipinski definition) is 6. The molecule has 3 rings (SSSR count). The topological polar surface area (TPSA) is 120 Å². The maximum atomic E-state index is 12.5. The van der Waals surface area contributed by atoms with Gasteiger partial charge in [0, 0.05) is 18.6 Å². The quantitative estimate of drug-likeness (QED) is 0.522. The van der Waals surface area contributed by atoms with Gasteiger partial charge in [-0.05, 0) is 52.5 Å². The number of phenolic OH excluding ortho intramolecular Hbond substituents is 1. The summed E-state index contributed by atoms with van der Waals surface area (Å²) in [5, 5.41) is 17.0. The van der Waals surface area contributed by atoms with Crippen LogP contribution in [0, 0.1) is 12.3 Å². The van der Waals surface area contributed by atoms with Crippen molar-refractivity contribution in [2.24, 2.45) is 14.2 Å². The summed E-state index contributed by atoms with van der Waals surface area (Å²) in [6, 6.07) is 6.69. The fourth-order valence-electron chi connectivity index (χ4n) is 3.12. The number of nitrogens with one attached hydrogen (secondary N) is 2. The predicted octanol–water partition coefficient (Wildman–Crippen LogP) is 3.94. The van der Waals surface area contributed by atoms with E-state index in [9.17, 15) is 14.1 Å². The van der Waals surface area contributed by atoms with E-state index in [0.29, 0.717) is 10.2 Å². The molecule has 32 heavy (non-hydrogen) atoms. The summed E-state index contributed by atoms with van der Waals surface area (Å²) < 4.78 is 26.5. The van der Waals surface area contributed by atoms with Crippen LogP contribution in [0.5, 0.6) is 5.75 Å². The highest BCUT2D eigenvalue weighted by molar-refractivity contribution is 9.10. The van der Waals surface area contributed by atoms with Crippen LogP contribution in [0.1, 0.15) is 48.7 Å². The molecule has 0 radical (unpaired) electrons. The summed E-state index contributed by atoms with van der Waals surface area (Å²) in [6.07, 6.45) is 0. The minimum atomic E-state index is -1.83. The third-order valence-corrected chi connectivity index (χ3v) is 6.09. The summed E-state index contributed by atoms with van der Waals surface area (Å²) >= 11 is 1.48. The molecule has 2 atom stereocenters. The van der Waals surface area contributed by atoms with Crippen molar-refractivity contribution in [2.45, 2.75) is 33.7 Å². The molecule has 1 amide bonds. The number of amidine groups is 2. The Morgan fingerprint density at radius 2 is 1.84 bits per heavy atom. The lowest BCUT2D eigenvalue weighted by Gasteiger charge is -2.30. The Hall–Kier alpha value is -2.66. The lowest BCUT2D eigenvalue weighted by atomic mass is 9.85. The molecule has 0 aliphatic carbocycles. The van der Waals surface area contributed by atoms with Crippen molar-refractivity contribution in [1.82, 2.24) is 10.2 Å². The third-order valence-electron chi connectivity index (χ3n) is 4.76. The Morgan fingerprint density at radius 3 is 2.41 bits per heavy atom. The summed E-state index contributed by atoms with van der Waals surface area (Å²) in [6.45, 7) is 7.99. The van der Waals surface area contributed by atoms with E-state index in [1.54, 1.807) is 26.2 Å². The van der Waals surface area contributed by atoms with Crippen molar-refractivity contribution < 1.29 is 18.5 Å². The van der Waals surface area contributed by atoms with Crippen LogP contribution in [0.3, 0.4) is 0 Å². The molecule has 1 aromatic carbocycles. The molecular formula is C21H26BrN5O4S. The zero-order valence-electron chi connectivity index (χ0n) is 18.7. The standard InChI is InChI=1S/C21H26BrN5O4S/c1-11-7-10-14(31-11)17(21(2,3)4)24-19-18(25-32(30)26-19)23-13-9-8-12(22)15(16(13)28)20(29)27(5)6/h7-10,17,28H,1-6H3,(H,23,25)(H,24,26). The first-order valence-electron chi connectivity index (χ1n) is 9.81. The molecule has 0 bridgehead atoms.